The molecule has 0 saturated carbocycles. The summed E-state index contributed by atoms with van der Waals surface area (Å²) in [6.07, 6.45) is 1.55. The molecule has 2 aromatic rings. The predicted molar refractivity (Wildman–Crippen MR) is 97.6 cm³/mol. The lowest BCUT2D eigenvalue weighted by Crippen LogP contribution is -2.36. The number of hydrogen-bond acceptors (Lipinski definition) is 5. The summed E-state index contributed by atoms with van der Waals surface area (Å²) in [4.78, 5) is 2.21. The summed E-state index contributed by atoms with van der Waals surface area (Å²) in [5.74, 6) is 0. The van der Waals surface area contributed by atoms with E-state index in [2.05, 4.69) is 33.9 Å². The molecule has 24 heavy (non-hydrogen) atoms. The number of aliphatic hydroxyl groups is 1. The van der Waals surface area contributed by atoms with Crippen LogP contribution in [-0.4, -0.2) is 43.7 Å². The van der Waals surface area contributed by atoms with E-state index in [0.717, 1.165) is 38.3 Å². The van der Waals surface area contributed by atoms with Gasteiger partial charge in [0.1, 0.15) is 0 Å². The molecule has 1 aliphatic rings. The molecule has 1 unspecified atom stereocenters. The minimum Gasteiger partial charge on any atom is -0.389 e. The molecule has 1 fully saturated rings. The van der Waals surface area contributed by atoms with Gasteiger partial charge >= 0.3 is 0 Å². The fraction of sp³-hybridized carbons (Fsp3) is 0.474. The van der Waals surface area contributed by atoms with Gasteiger partial charge in [0.05, 0.1) is 18.8 Å². The highest BCUT2D eigenvalue weighted by molar-refractivity contribution is 7.07. The monoisotopic (exact) mass is 347 g/mol. The predicted octanol–water partition coefficient (Wildman–Crippen LogP) is 3.31. The van der Waals surface area contributed by atoms with Crippen molar-refractivity contribution in [2.45, 2.75) is 31.6 Å². The van der Waals surface area contributed by atoms with Crippen molar-refractivity contribution in [3.05, 3.63) is 52.7 Å². The van der Waals surface area contributed by atoms with Gasteiger partial charge < -0.3 is 19.5 Å². The number of ether oxygens (including phenoxy) is 2. The number of nitrogens with zero attached hydrogens (tertiary/aromatic N) is 1. The summed E-state index contributed by atoms with van der Waals surface area (Å²) in [6.45, 7) is 3.24. The maximum Gasteiger partial charge on any atom is 0.0948 e. The molecule has 0 spiro atoms. The first-order valence-electron chi connectivity index (χ1n) is 8.50. The lowest BCUT2D eigenvalue weighted by molar-refractivity contribution is -0.0575. The number of para-hydroxylation sites is 1. The van der Waals surface area contributed by atoms with Crippen LogP contribution in [0.1, 0.15) is 18.4 Å². The Morgan fingerprint density at radius 1 is 1.21 bits per heavy atom. The van der Waals surface area contributed by atoms with Gasteiger partial charge in [-0.1, -0.05) is 18.2 Å². The highest BCUT2D eigenvalue weighted by atomic mass is 32.1. The Morgan fingerprint density at radius 3 is 2.71 bits per heavy atom. The van der Waals surface area contributed by atoms with Crippen LogP contribution < -0.4 is 4.90 Å². The number of aliphatic hydroxyl groups excluding tert-OH is 1. The van der Waals surface area contributed by atoms with Crippen molar-refractivity contribution in [1.82, 2.24) is 0 Å². The van der Waals surface area contributed by atoms with Gasteiger partial charge in [0.2, 0.25) is 0 Å². The van der Waals surface area contributed by atoms with E-state index < -0.39 is 6.10 Å². The van der Waals surface area contributed by atoms with Gasteiger partial charge in [-0.15, -0.1) is 0 Å². The Bertz CT molecular complexity index is 570. The van der Waals surface area contributed by atoms with E-state index in [1.54, 1.807) is 11.3 Å². The van der Waals surface area contributed by atoms with Gasteiger partial charge in [-0.3, -0.25) is 0 Å². The first kappa shape index (κ1) is 17.4. The molecule has 0 amide bonds. The largest absolute Gasteiger partial charge is 0.389 e. The Hall–Kier alpha value is -1.40. The van der Waals surface area contributed by atoms with Crippen molar-refractivity contribution in [1.29, 1.82) is 0 Å². The van der Waals surface area contributed by atoms with Crippen LogP contribution in [0.3, 0.4) is 0 Å². The Morgan fingerprint density at radius 2 is 2.00 bits per heavy atom. The fourth-order valence-corrected chi connectivity index (χ4v) is 3.56. The van der Waals surface area contributed by atoms with Gasteiger partial charge in [0.25, 0.3) is 0 Å². The van der Waals surface area contributed by atoms with Crippen LogP contribution in [0.2, 0.25) is 0 Å². The average molecular weight is 347 g/mol. The molecule has 1 aromatic carbocycles. The molecule has 1 aliphatic heterocycles. The Kier molecular flexibility index (Phi) is 6.66. The van der Waals surface area contributed by atoms with E-state index in [0.29, 0.717) is 13.2 Å². The lowest BCUT2D eigenvalue weighted by Gasteiger charge is -2.29. The van der Waals surface area contributed by atoms with Crippen molar-refractivity contribution >= 4 is 17.0 Å². The number of hydrogen-bond donors (Lipinski definition) is 1. The zero-order valence-corrected chi connectivity index (χ0v) is 14.7. The second-order valence-corrected chi connectivity index (χ2v) is 6.93. The molecule has 1 saturated heterocycles. The highest BCUT2D eigenvalue weighted by Crippen LogP contribution is 2.19. The summed E-state index contributed by atoms with van der Waals surface area (Å²) >= 11 is 1.70. The average Bonchev–Trinajstić information content (AvgIpc) is 3.14. The van der Waals surface area contributed by atoms with Crippen LogP contribution in [0.5, 0.6) is 0 Å². The normalized spacial score (nSPS) is 16.9. The molecule has 2 heterocycles. The van der Waals surface area contributed by atoms with E-state index >= 15 is 0 Å². The highest BCUT2D eigenvalue weighted by Gasteiger charge is 2.18. The molecule has 1 atom stereocenters. The third-order valence-electron chi connectivity index (χ3n) is 4.20. The topological polar surface area (TPSA) is 41.9 Å². The Labute approximate surface area is 147 Å². The van der Waals surface area contributed by atoms with Crippen molar-refractivity contribution in [3.63, 3.8) is 0 Å². The third-order valence-corrected chi connectivity index (χ3v) is 4.93. The molecule has 5 heteroatoms. The standard InChI is InChI=1S/C19H25NO3S/c21-18(14-23-19-6-9-22-10-7-19)13-20(12-16-8-11-24-15-16)17-4-2-1-3-5-17/h1-5,8,11,15,18-19,21H,6-7,9-10,12-14H2. The van der Waals surface area contributed by atoms with Crippen LogP contribution in [0.25, 0.3) is 0 Å². The van der Waals surface area contributed by atoms with Crippen molar-refractivity contribution in [3.8, 4) is 0 Å². The molecular weight excluding hydrogens is 322 g/mol. The van der Waals surface area contributed by atoms with Crippen LogP contribution in [0.15, 0.2) is 47.2 Å². The zero-order valence-electron chi connectivity index (χ0n) is 13.8. The third kappa shape index (κ3) is 5.31. The van der Waals surface area contributed by atoms with Gasteiger partial charge in [0.15, 0.2) is 0 Å². The summed E-state index contributed by atoms with van der Waals surface area (Å²) < 4.78 is 11.2. The van der Waals surface area contributed by atoms with E-state index in [4.69, 9.17) is 9.47 Å². The molecule has 1 aromatic heterocycles. The lowest BCUT2D eigenvalue weighted by atomic mass is 10.1. The summed E-state index contributed by atoms with van der Waals surface area (Å²) in [7, 11) is 0. The van der Waals surface area contributed by atoms with Crippen molar-refractivity contribution in [2.24, 2.45) is 0 Å². The second kappa shape index (κ2) is 9.18. The van der Waals surface area contributed by atoms with Gasteiger partial charge in [-0.05, 0) is 47.4 Å². The molecule has 1 N–H and O–H groups in total. The maximum absolute atomic E-state index is 10.4. The quantitative estimate of drug-likeness (QED) is 0.795. The van der Waals surface area contributed by atoms with Crippen LogP contribution in [0, 0.1) is 0 Å². The second-order valence-electron chi connectivity index (χ2n) is 6.15. The summed E-state index contributed by atoms with van der Waals surface area (Å²) in [6, 6.07) is 12.4. The van der Waals surface area contributed by atoms with Gasteiger partial charge in [-0.25, -0.2) is 0 Å². The molecule has 130 valence electrons. The molecule has 4 nitrogen and oxygen atoms in total. The van der Waals surface area contributed by atoms with Crippen LogP contribution in [0.4, 0.5) is 5.69 Å². The van der Waals surface area contributed by atoms with E-state index in [1.165, 1.54) is 5.56 Å². The minimum absolute atomic E-state index is 0.218. The Balaban J connectivity index is 1.56. The van der Waals surface area contributed by atoms with Crippen LogP contribution in [-0.2, 0) is 16.0 Å². The zero-order chi connectivity index (χ0) is 16.6. The number of anilines is 1. The maximum atomic E-state index is 10.4. The van der Waals surface area contributed by atoms with E-state index in [1.807, 2.05) is 18.2 Å². The molecule has 0 bridgehead atoms. The summed E-state index contributed by atoms with van der Waals surface area (Å²) in [5.41, 5.74) is 2.38. The van der Waals surface area contributed by atoms with Crippen LogP contribution >= 0.6 is 11.3 Å². The fourth-order valence-electron chi connectivity index (χ4n) is 2.90. The van der Waals surface area contributed by atoms with Crippen molar-refractivity contribution < 1.29 is 14.6 Å². The molecule has 0 aliphatic carbocycles. The van der Waals surface area contributed by atoms with Gasteiger partial charge in [-0.2, -0.15) is 11.3 Å². The van der Waals surface area contributed by atoms with E-state index in [-0.39, 0.29) is 6.10 Å². The number of rotatable bonds is 8. The smallest absolute Gasteiger partial charge is 0.0948 e. The molecule has 3 rings (SSSR count). The molecular formula is C19H25NO3S. The first-order valence-corrected chi connectivity index (χ1v) is 9.44. The van der Waals surface area contributed by atoms with Gasteiger partial charge in [0, 0.05) is 32.0 Å². The first-order chi connectivity index (χ1) is 11.8. The number of thiophene rings is 1. The van der Waals surface area contributed by atoms with Crippen molar-refractivity contribution in [2.75, 3.05) is 31.3 Å². The SMILES string of the molecule is OC(COC1CCOCC1)CN(Cc1ccsc1)c1ccccc1. The number of benzene rings is 1. The minimum atomic E-state index is -0.508. The molecule has 0 radical (unpaired) electrons. The summed E-state index contributed by atoms with van der Waals surface area (Å²) in [5, 5.41) is 14.7. The van der Waals surface area contributed by atoms with E-state index in [9.17, 15) is 5.11 Å².